The molecule has 0 spiro atoms. The molecule has 17 heavy (non-hydrogen) atoms. The van der Waals surface area contributed by atoms with Gasteiger partial charge in [-0.15, -0.1) is 0 Å². The summed E-state index contributed by atoms with van der Waals surface area (Å²) in [6.45, 7) is 4.52. The van der Waals surface area contributed by atoms with Gasteiger partial charge in [0.2, 0.25) is 0 Å². The van der Waals surface area contributed by atoms with Gasteiger partial charge in [-0.3, -0.25) is 0 Å². The lowest BCUT2D eigenvalue weighted by Crippen LogP contribution is -2.49. The van der Waals surface area contributed by atoms with Crippen molar-refractivity contribution in [3.63, 3.8) is 0 Å². The lowest BCUT2D eigenvalue weighted by Gasteiger charge is -2.36. The Morgan fingerprint density at radius 2 is 2.12 bits per heavy atom. The second-order valence-corrected chi connectivity index (χ2v) is 5.20. The van der Waals surface area contributed by atoms with Crippen LogP contribution >= 0.6 is 0 Å². The molecule has 0 saturated heterocycles. The van der Waals surface area contributed by atoms with Crippen LogP contribution in [0.1, 0.15) is 46.0 Å². The first-order valence-corrected chi connectivity index (χ1v) is 6.44. The molecule has 5 nitrogen and oxygen atoms in total. The van der Waals surface area contributed by atoms with Gasteiger partial charge in [-0.05, 0) is 38.5 Å². The molecule has 0 aliphatic heterocycles. The van der Waals surface area contributed by atoms with Crippen LogP contribution < -0.4 is 11.1 Å². The van der Waals surface area contributed by atoms with E-state index >= 15 is 0 Å². The molecule has 100 valence electrons. The van der Waals surface area contributed by atoms with Crippen LogP contribution in [0.3, 0.4) is 0 Å². The van der Waals surface area contributed by atoms with E-state index in [1.165, 1.54) is 6.42 Å². The maximum atomic E-state index is 10.4. The molecule has 0 aromatic carbocycles. The van der Waals surface area contributed by atoms with E-state index < -0.39 is 5.60 Å². The summed E-state index contributed by atoms with van der Waals surface area (Å²) in [4.78, 5) is 0. The summed E-state index contributed by atoms with van der Waals surface area (Å²) in [6, 6.07) is -0.215. The summed E-state index contributed by atoms with van der Waals surface area (Å²) in [5, 5.41) is 25.0. The Bertz CT molecular complexity index is 260. The van der Waals surface area contributed by atoms with Gasteiger partial charge in [0.25, 0.3) is 0 Å². The van der Waals surface area contributed by atoms with Gasteiger partial charge in [-0.2, -0.15) is 0 Å². The normalized spacial score (nSPS) is 32.4. The predicted octanol–water partition coefficient (Wildman–Crippen LogP) is 1.04. The molecule has 1 unspecified atom stereocenters. The molecular formula is C12H25N3O2. The third kappa shape index (κ3) is 4.16. The number of nitrogens with two attached hydrogens (primary N) is 1. The highest BCUT2D eigenvalue weighted by Gasteiger charge is 2.32. The third-order valence-electron chi connectivity index (χ3n) is 3.91. The van der Waals surface area contributed by atoms with Crippen molar-refractivity contribution in [2.75, 3.05) is 6.54 Å². The molecule has 0 aromatic heterocycles. The molecule has 1 saturated carbocycles. The lowest BCUT2D eigenvalue weighted by molar-refractivity contribution is -0.00913. The van der Waals surface area contributed by atoms with E-state index in [0.717, 1.165) is 31.6 Å². The number of nitrogens with zero attached hydrogens (tertiary/aromatic N) is 1. The summed E-state index contributed by atoms with van der Waals surface area (Å²) in [7, 11) is 0. The van der Waals surface area contributed by atoms with Crippen LogP contribution in [-0.2, 0) is 0 Å². The minimum Gasteiger partial charge on any atom is -0.409 e. The summed E-state index contributed by atoms with van der Waals surface area (Å²) >= 11 is 0. The highest BCUT2D eigenvalue weighted by Crippen LogP contribution is 2.33. The van der Waals surface area contributed by atoms with Gasteiger partial charge in [0.1, 0.15) is 0 Å². The SMILES string of the molecule is CCC1CCC(O)(CNC(C)C(N)=NO)CC1. The first-order chi connectivity index (χ1) is 8.00. The van der Waals surface area contributed by atoms with Crippen LogP contribution in [0, 0.1) is 5.92 Å². The Labute approximate surface area is 103 Å². The van der Waals surface area contributed by atoms with Gasteiger partial charge in [-0.25, -0.2) is 0 Å². The van der Waals surface area contributed by atoms with Crippen LogP contribution in [0.2, 0.25) is 0 Å². The number of amidine groups is 1. The molecule has 1 fully saturated rings. The fourth-order valence-electron chi connectivity index (χ4n) is 2.33. The zero-order valence-corrected chi connectivity index (χ0v) is 10.8. The van der Waals surface area contributed by atoms with Crippen molar-refractivity contribution in [1.82, 2.24) is 5.32 Å². The first-order valence-electron chi connectivity index (χ1n) is 6.44. The second-order valence-electron chi connectivity index (χ2n) is 5.20. The van der Waals surface area contributed by atoms with E-state index in [2.05, 4.69) is 17.4 Å². The fourth-order valence-corrected chi connectivity index (χ4v) is 2.33. The summed E-state index contributed by atoms with van der Waals surface area (Å²) < 4.78 is 0. The van der Waals surface area contributed by atoms with Gasteiger partial charge < -0.3 is 21.4 Å². The van der Waals surface area contributed by atoms with Crippen molar-refractivity contribution >= 4 is 5.84 Å². The van der Waals surface area contributed by atoms with Crippen molar-refractivity contribution in [2.24, 2.45) is 16.8 Å². The quantitative estimate of drug-likeness (QED) is 0.251. The molecule has 0 heterocycles. The molecule has 0 radical (unpaired) electrons. The highest BCUT2D eigenvalue weighted by molar-refractivity contribution is 5.84. The van der Waals surface area contributed by atoms with E-state index in [4.69, 9.17) is 10.9 Å². The topological polar surface area (TPSA) is 90.9 Å². The number of rotatable bonds is 5. The van der Waals surface area contributed by atoms with Crippen molar-refractivity contribution in [1.29, 1.82) is 0 Å². The molecule has 1 aliphatic carbocycles. The Hall–Kier alpha value is -0.810. The van der Waals surface area contributed by atoms with Crippen molar-refractivity contribution < 1.29 is 10.3 Å². The zero-order valence-electron chi connectivity index (χ0n) is 10.8. The van der Waals surface area contributed by atoms with Crippen LogP contribution in [0.4, 0.5) is 0 Å². The van der Waals surface area contributed by atoms with E-state index in [0.29, 0.717) is 6.54 Å². The van der Waals surface area contributed by atoms with Gasteiger partial charge >= 0.3 is 0 Å². The predicted molar refractivity (Wildman–Crippen MR) is 68.1 cm³/mol. The average molecular weight is 243 g/mol. The number of hydrogen-bond donors (Lipinski definition) is 4. The number of aliphatic hydroxyl groups is 1. The molecule has 5 N–H and O–H groups in total. The van der Waals surface area contributed by atoms with Crippen molar-refractivity contribution in [3.8, 4) is 0 Å². The molecule has 5 heteroatoms. The summed E-state index contributed by atoms with van der Waals surface area (Å²) in [6.07, 6.45) is 5.05. The van der Waals surface area contributed by atoms with Crippen LogP contribution in [-0.4, -0.2) is 34.3 Å². The zero-order chi connectivity index (χ0) is 12.9. The van der Waals surface area contributed by atoms with Crippen LogP contribution in [0.5, 0.6) is 0 Å². The first kappa shape index (κ1) is 14.3. The van der Waals surface area contributed by atoms with Crippen molar-refractivity contribution in [3.05, 3.63) is 0 Å². The van der Waals surface area contributed by atoms with Crippen LogP contribution in [0.25, 0.3) is 0 Å². The van der Waals surface area contributed by atoms with E-state index in [1.807, 2.05) is 6.92 Å². The van der Waals surface area contributed by atoms with Gasteiger partial charge in [0.15, 0.2) is 5.84 Å². The smallest absolute Gasteiger partial charge is 0.156 e. The maximum Gasteiger partial charge on any atom is 0.156 e. The molecule has 0 bridgehead atoms. The minimum atomic E-state index is -0.629. The molecule has 0 amide bonds. The third-order valence-corrected chi connectivity index (χ3v) is 3.91. The summed E-state index contributed by atoms with van der Waals surface area (Å²) in [5.74, 6) is 0.910. The number of nitrogens with one attached hydrogen (secondary N) is 1. The standard InChI is InChI=1S/C12H25N3O2/c1-3-10-4-6-12(16,7-5-10)8-14-9(2)11(13)15-17/h9-10,14,16-17H,3-8H2,1-2H3,(H2,13,15). The Balaban J connectivity index is 2.36. The second kappa shape index (κ2) is 6.21. The van der Waals surface area contributed by atoms with Gasteiger partial charge in [0.05, 0.1) is 11.6 Å². The molecule has 0 aromatic rings. The molecular weight excluding hydrogens is 218 g/mol. The maximum absolute atomic E-state index is 10.4. The van der Waals surface area contributed by atoms with E-state index in [9.17, 15) is 5.11 Å². The average Bonchev–Trinajstić information content (AvgIpc) is 2.36. The number of hydrogen-bond acceptors (Lipinski definition) is 4. The fraction of sp³-hybridized carbons (Fsp3) is 0.917. The van der Waals surface area contributed by atoms with Gasteiger partial charge in [0, 0.05) is 6.54 Å². The van der Waals surface area contributed by atoms with Crippen LogP contribution in [0.15, 0.2) is 5.16 Å². The molecule has 1 rings (SSSR count). The monoisotopic (exact) mass is 243 g/mol. The van der Waals surface area contributed by atoms with E-state index in [1.54, 1.807) is 0 Å². The number of oxime groups is 1. The summed E-state index contributed by atoms with van der Waals surface area (Å²) in [5.41, 5.74) is 4.85. The largest absolute Gasteiger partial charge is 0.409 e. The highest BCUT2D eigenvalue weighted by atomic mass is 16.4. The Morgan fingerprint density at radius 1 is 1.53 bits per heavy atom. The molecule has 1 aliphatic rings. The molecule has 1 atom stereocenters. The minimum absolute atomic E-state index is 0.149. The lowest BCUT2D eigenvalue weighted by atomic mass is 9.78. The van der Waals surface area contributed by atoms with E-state index in [-0.39, 0.29) is 11.9 Å². The Kier molecular flexibility index (Phi) is 5.21. The van der Waals surface area contributed by atoms with Gasteiger partial charge in [-0.1, -0.05) is 18.5 Å². The van der Waals surface area contributed by atoms with Crippen molar-refractivity contribution in [2.45, 2.75) is 57.6 Å². The Morgan fingerprint density at radius 3 is 2.59 bits per heavy atom.